The number of urea groups is 1. The first-order valence-electron chi connectivity index (χ1n) is 8.64. The number of likely N-dealkylation sites (tertiary alicyclic amines) is 1. The van der Waals surface area contributed by atoms with E-state index in [2.05, 4.69) is 17.4 Å². The Morgan fingerprint density at radius 2 is 1.77 bits per heavy atom. The number of nitrogens with zero attached hydrogens (tertiary/aromatic N) is 1. The van der Waals surface area contributed by atoms with Crippen LogP contribution in [0.4, 0.5) is 18.0 Å². The Morgan fingerprint density at radius 3 is 2.27 bits per heavy atom. The fourth-order valence-electron chi connectivity index (χ4n) is 3.90. The molecule has 2 aliphatic rings. The van der Waals surface area contributed by atoms with E-state index in [4.69, 9.17) is 5.11 Å². The molecule has 26 heavy (non-hydrogen) atoms. The highest BCUT2D eigenvalue weighted by Crippen LogP contribution is 2.37. The molecule has 1 fully saturated rings. The molecule has 2 amide bonds. The zero-order chi connectivity index (χ0) is 18.9. The number of alkyl halides is 3. The van der Waals surface area contributed by atoms with Gasteiger partial charge in [-0.1, -0.05) is 24.3 Å². The number of carbonyl (C=O) groups excluding carboxylic acids is 1. The number of rotatable bonds is 4. The smallest absolute Gasteiger partial charge is 0.394 e. The monoisotopic (exact) mass is 370 g/mol. The molecular formula is C18H21F3N2O3. The molecule has 142 valence electrons. The van der Waals surface area contributed by atoms with Gasteiger partial charge in [0.15, 0.2) is 0 Å². The minimum absolute atomic E-state index is 0.364. The standard InChI is InChI=1S/C18H21F3N2O3/c19-18(20,21)15-10-23(9-14(15)16(24)25)17(26)22-6-5-11-7-12-3-1-2-4-13(12)8-11/h1-4,11,14-15H,5-10H2,(H,22,26)(H,24,25)/t14-,15-/m1/s1. The van der Waals surface area contributed by atoms with Crippen molar-refractivity contribution in [3.63, 3.8) is 0 Å². The van der Waals surface area contributed by atoms with Crippen LogP contribution in [0, 0.1) is 17.8 Å². The Bertz CT molecular complexity index is 668. The fourth-order valence-corrected chi connectivity index (χ4v) is 3.90. The molecule has 0 aromatic heterocycles. The predicted octanol–water partition coefficient (Wildman–Crippen LogP) is 2.70. The van der Waals surface area contributed by atoms with Crippen LogP contribution < -0.4 is 5.32 Å². The second kappa shape index (κ2) is 7.17. The second-order valence-electron chi connectivity index (χ2n) is 7.06. The molecule has 1 aliphatic heterocycles. The zero-order valence-electron chi connectivity index (χ0n) is 14.1. The number of nitrogens with one attached hydrogen (secondary N) is 1. The van der Waals surface area contributed by atoms with Crippen LogP contribution in [0.15, 0.2) is 24.3 Å². The van der Waals surface area contributed by atoms with E-state index in [0.29, 0.717) is 12.5 Å². The summed E-state index contributed by atoms with van der Waals surface area (Å²) >= 11 is 0. The van der Waals surface area contributed by atoms with E-state index in [9.17, 15) is 22.8 Å². The predicted molar refractivity (Wildman–Crippen MR) is 87.6 cm³/mol. The van der Waals surface area contributed by atoms with Gasteiger partial charge in [0.2, 0.25) is 0 Å². The van der Waals surface area contributed by atoms with Gasteiger partial charge in [-0.2, -0.15) is 13.2 Å². The molecule has 8 heteroatoms. The summed E-state index contributed by atoms with van der Waals surface area (Å²) in [6.45, 7) is -0.663. The van der Waals surface area contributed by atoms with Crippen LogP contribution in [-0.2, 0) is 17.6 Å². The van der Waals surface area contributed by atoms with Crippen molar-refractivity contribution in [2.24, 2.45) is 17.8 Å². The lowest BCUT2D eigenvalue weighted by Crippen LogP contribution is -2.40. The van der Waals surface area contributed by atoms with E-state index in [1.54, 1.807) is 0 Å². The zero-order valence-corrected chi connectivity index (χ0v) is 14.1. The summed E-state index contributed by atoms with van der Waals surface area (Å²) in [6.07, 6.45) is -2.02. The summed E-state index contributed by atoms with van der Waals surface area (Å²) in [4.78, 5) is 24.2. The highest BCUT2D eigenvalue weighted by atomic mass is 19.4. The van der Waals surface area contributed by atoms with Gasteiger partial charge in [0, 0.05) is 19.6 Å². The first kappa shape index (κ1) is 18.5. The van der Waals surface area contributed by atoms with Crippen LogP contribution in [-0.4, -0.2) is 47.8 Å². The lowest BCUT2D eigenvalue weighted by Gasteiger charge is -2.19. The van der Waals surface area contributed by atoms with Gasteiger partial charge in [-0.3, -0.25) is 4.79 Å². The molecule has 1 heterocycles. The number of hydrogen-bond donors (Lipinski definition) is 2. The SMILES string of the molecule is O=C(O)[C@@H]1CN(C(=O)NCCC2Cc3ccccc3C2)C[C@H]1C(F)(F)F. The molecule has 2 atom stereocenters. The third kappa shape index (κ3) is 3.94. The highest BCUT2D eigenvalue weighted by Gasteiger charge is 2.53. The van der Waals surface area contributed by atoms with Gasteiger partial charge in [0.25, 0.3) is 0 Å². The maximum Gasteiger partial charge on any atom is 0.394 e. The third-order valence-electron chi connectivity index (χ3n) is 5.31. The Labute approximate surface area is 149 Å². The lowest BCUT2D eigenvalue weighted by atomic mass is 9.96. The van der Waals surface area contributed by atoms with Crippen LogP contribution >= 0.6 is 0 Å². The number of fused-ring (bicyclic) bond motifs is 1. The molecule has 1 saturated heterocycles. The molecule has 0 bridgehead atoms. The van der Waals surface area contributed by atoms with Crippen molar-refractivity contribution in [1.82, 2.24) is 10.2 Å². The molecule has 1 aromatic carbocycles. The average Bonchev–Trinajstić information content (AvgIpc) is 3.18. The molecule has 0 saturated carbocycles. The van der Waals surface area contributed by atoms with Crippen molar-refractivity contribution >= 4 is 12.0 Å². The molecule has 3 rings (SSSR count). The summed E-state index contributed by atoms with van der Waals surface area (Å²) < 4.78 is 38.9. The molecule has 0 unspecified atom stereocenters. The first-order valence-corrected chi connectivity index (χ1v) is 8.64. The highest BCUT2D eigenvalue weighted by molar-refractivity contribution is 5.77. The number of benzene rings is 1. The van der Waals surface area contributed by atoms with Gasteiger partial charge in [-0.25, -0.2) is 4.79 Å². The number of aliphatic carboxylic acids is 1. The molecule has 1 aromatic rings. The maximum absolute atomic E-state index is 13.0. The van der Waals surface area contributed by atoms with E-state index < -0.39 is 43.1 Å². The fraction of sp³-hybridized carbons (Fsp3) is 0.556. The number of carboxylic acids is 1. The van der Waals surface area contributed by atoms with Crippen molar-refractivity contribution in [2.45, 2.75) is 25.4 Å². The van der Waals surface area contributed by atoms with Gasteiger partial charge in [0.05, 0.1) is 11.8 Å². The number of halogens is 3. The van der Waals surface area contributed by atoms with E-state index in [-0.39, 0.29) is 0 Å². The Kier molecular flexibility index (Phi) is 5.11. The molecule has 0 spiro atoms. The van der Waals surface area contributed by atoms with Crippen LogP contribution in [0.3, 0.4) is 0 Å². The van der Waals surface area contributed by atoms with Crippen molar-refractivity contribution in [1.29, 1.82) is 0 Å². The Morgan fingerprint density at radius 1 is 1.15 bits per heavy atom. The van der Waals surface area contributed by atoms with E-state index in [1.165, 1.54) is 11.1 Å². The van der Waals surface area contributed by atoms with Crippen LogP contribution in [0.1, 0.15) is 17.5 Å². The van der Waals surface area contributed by atoms with Gasteiger partial charge in [0.1, 0.15) is 0 Å². The largest absolute Gasteiger partial charge is 0.481 e. The van der Waals surface area contributed by atoms with E-state index in [0.717, 1.165) is 24.2 Å². The minimum atomic E-state index is -4.63. The average molecular weight is 370 g/mol. The minimum Gasteiger partial charge on any atom is -0.481 e. The number of hydrogen-bond acceptors (Lipinski definition) is 2. The summed E-state index contributed by atoms with van der Waals surface area (Å²) in [6, 6.07) is 7.53. The van der Waals surface area contributed by atoms with E-state index >= 15 is 0 Å². The van der Waals surface area contributed by atoms with Crippen molar-refractivity contribution in [3.8, 4) is 0 Å². The second-order valence-corrected chi connectivity index (χ2v) is 7.06. The normalized spacial score (nSPS) is 23.1. The van der Waals surface area contributed by atoms with E-state index in [1.807, 2.05) is 12.1 Å². The molecule has 0 radical (unpaired) electrons. The van der Waals surface area contributed by atoms with Crippen LogP contribution in [0.5, 0.6) is 0 Å². The topological polar surface area (TPSA) is 69.6 Å². The van der Waals surface area contributed by atoms with Gasteiger partial charge in [-0.15, -0.1) is 0 Å². The summed E-state index contributed by atoms with van der Waals surface area (Å²) in [5, 5.41) is 11.6. The third-order valence-corrected chi connectivity index (χ3v) is 5.31. The summed E-state index contributed by atoms with van der Waals surface area (Å²) in [5.41, 5.74) is 2.61. The maximum atomic E-state index is 13.0. The lowest BCUT2D eigenvalue weighted by molar-refractivity contribution is -0.187. The summed E-state index contributed by atoms with van der Waals surface area (Å²) in [7, 11) is 0. The van der Waals surface area contributed by atoms with Gasteiger partial charge < -0.3 is 15.3 Å². The van der Waals surface area contributed by atoms with Crippen molar-refractivity contribution in [2.75, 3.05) is 19.6 Å². The number of amides is 2. The van der Waals surface area contributed by atoms with Crippen LogP contribution in [0.2, 0.25) is 0 Å². The molecular weight excluding hydrogens is 349 g/mol. The quantitative estimate of drug-likeness (QED) is 0.856. The van der Waals surface area contributed by atoms with Gasteiger partial charge >= 0.3 is 18.2 Å². The Hall–Kier alpha value is -2.25. The molecule has 2 N–H and O–H groups in total. The summed E-state index contributed by atoms with van der Waals surface area (Å²) in [5.74, 6) is -4.74. The van der Waals surface area contributed by atoms with Crippen LogP contribution in [0.25, 0.3) is 0 Å². The van der Waals surface area contributed by atoms with Gasteiger partial charge in [-0.05, 0) is 36.3 Å². The molecule has 1 aliphatic carbocycles. The first-order chi connectivity index (χ1) is 12.3. The Balaban J connectivity index is 1.48. The van der Waals surface area contributed by atoms with Crippen molar-refractivity contribution in [3.05, 3.63) is 35.4 Å². The molecule has 5 nitrogen and oxygen atoms in total. The van der Waals surface area contributed by atoms with Crippen molar-refractivity contribution < 1.29 is 27.9 Å². The number of carbonyl (C=O) groups is 2. The number of carboxylic acid groups (broad SMARTS) is 1.